The molecule has 0 spiro atoms. The predicted octanol–water partition coefficient (Wildman–Crippen LogP) is 1.13. The number of H-pyrrole nitrogens is 1. The van der Waals surface area contributed by atoms with Crippen molar-refractivity contribution in [3.63, 3.8) is 0 Å². The van der Waals surface area contributed by atoms with E-state index in [1.165, 1.54) is 6.07 Å². The summed E-state index contributed by atoms with van der Waals surface area (Å²) in [6.07, 6.45) is 1.17. The highest BCUT2D eigenvalue weighted by molar-refractivity contribution is 5.81. The van der Waals surface area contributed by atoms with E-state index in [0.717, 1.165) is 6.42 Å². The molecule has 1 aromatic heterocycles. The second-order valence-corrected chi connectivity index (χ2v) is 4.23. The third-order valence-electron chi connectivity index (χ3n) is 2.49. The van der Waals surface area contributed by atoms with Crippen LogP contribution in [0.4, 0.5) is 5.82 Å². The van der Waals surface area contributed by atoms with E-state index in [-0.39, 0.29) is 11.4 Å². The van der Waals surface area contributed by atoms with Crippen LogP contribution in [0.5, 0.6) is 0 Å². The number of rotatable bonds is 5. The summed E-state index contributed by atoms with van der Waals surface area (Å²) in [6, 6.07) is 1.25. The fraction of sp³-hybridized carbons (Fsp3) is 0.545. The van der Waals surface area contributed by atoms with Crippen molar-refractivity contribution in [1.29, 1.82) is 0 Å². The van der Waals surface area contributed by atoms with E-state index in [9.17, 15) is 14.7 Å². The van der Waals surface area contributed by atoms with E-state index in [1.807, 2.05) is 6.92 Å². The Bertz CT molecular complexity index is 469. The van der Waals surface area contributed by atoms with Gasteiger partial charge in [0.25, 0.3) is 5.56 Å². The van der Waals surface area contributed by atoms with Crippen molar-refractivity contribution in [2.75, 3.05) is 5.32 Å². The Labute approximate surface area is 99.1 Å². The number of carboxylic acid groups (broad SMARTS) is 1. The molecule has 3 N–H and O–H groups in total. The van der Waals surface area contributed by atoms with Crippen molar-refractivity contribution < 1.29 is 9.90 Å². The van der Waals surface area contributed by atoms with Crippen LogP contribution in [-0.2, 0) is 4.79 Å². The number of nitrogens with zero attached hydrogens (tertiary/aromatic N) is 1. The van der Waals surface area contributed by atoms with E-state index >= 15 is 0 Å². The van der Waals surface area contributed by atoms with Crippen LogP contribution < -0.4 is 10.9 Å². The van der Waals surface area contributed by atoms with Gasteiger partial charge in [0.05, 0.1) is 0 Å². The van der Waals surface area contributed by atoms with Crippen molar-refractivity contribution in [2.24, 2.45) is 0 Å². The van der Waals surface area contributed by atoms with Crippen molar-refractivity contribution in [3.05, 3.63) is 22.2 Å². The molecule has 0 amide bonds. The number of carboxylic acids is 1. The molecule has 6 heteroatoms. The van der Waals surface area contributed by atoms with Crippen LogP contribution in [0.15, 0.2) is 10.9 Å². The van der Waals surface area contributed by atoms with Gasteiger partial charge in [0.2, 0.25) is 0 Å². The number of aromatic amines is 1. The van der Waals surface area contributed by atoms with Crippen LogP contribution in [0.3, 0.4) is 0 Å². The van der Waals surface area contributed by atoms with Crippen LogP contribution in [0.25, 0.3) is 0 Å². The molecule has 1 aromatic rings. The molecule has 6 nitrogen and oxygen atoms in total. The zero-order valence-electron chi connectivity index (χ0n) is 10.2. The summed E-state index contributed by atoms with van der Waals surface area (Å²) in [4.78, 5) is 29.0. The fourth-order valence-electron chi connectivity index (χ4n) is 1.65. The summed E-state index contributed by atoms with van der Waals surface area (Å²) in [5.41, 5.74) is -1.41. The number of aromatic nitrogens is 2. The van der Waals surface area contributed by atoms with E-state index in [0.29, 0.717) is 12.2 Å². The van der Waals surface area contributed by atoms with Crippen molar-refractivity contribution >= 4 is 11.8 Å². The standard InChI is InChI=1S/C11H17N3O3/c1-4-5-11(3,10(16)17)14-8-6-9(15)13-7(2)12-8/h6H,4-5H2,1-3H3,(H,16,17)(H2,12,13,14,15). The number of hydrogen-bond acceptors (Lipinski definition) is 4. The summed E-state index contributed by atoms with van der Waals surface area (Å²) in [5, 5.41) is 12.0. The Morgan fingerprint density at radius 1 is 1.65 bits per heavy atom. The second-order valence-electron chi connectivity index (χ2n) is 4.23. The van der Waals surface area contributed by atoms with Crippen molar-refractivity contribution in [2.45, 2.75) is 39.2 Å². The van der Waals surface area contributed by atoms with E-state index < -0.39 is 11.5 Å². The Morgan fingerprint density at radius 2 is 2.29 bits per heavy atom. The van der Waals surface area contributed by atoms with Crippen molar-refractivity contribution in [1.82, 2.24) is 9.97 Å². The average Bonchev–Trinajstić information content (AvgIpc) is 2.15. The number of aryl methyl sites for hydroxylation is 1. The molecule has 0 saturated heterocycles. The quantitative estimate of drug-likeness (QED) is 0.716. The predicted molar refractivity (Wildman–Crippen MR) is 64.2 cm³/mol. The molecule has 0 aromatic carbocycles. The molecule has 0 radical (unpaired) electrons. The largest absolute Gasteiger partial charge is 0.480 e. The minimum atomic E-state index is -1.11. The molecule has 0 aliphatic carbocycles. The monoisotopic (exact) mass is 239 g/mol. The lowest BCUT2D eigenvalue weighted by Gasteiger charge is -2.26. The van der Waals surface area contributed by atoms with Crippen LogP contribution in [0, 0.1) is 6.92 Å². The van der Waals surface area contributed by atoms with Gasteiger partial charge in [-0.2, -0.15) is 0 Å². The Hall–Kier alpha value is -1.85. The van der Waals surface area contributed by atoms with E-state index in [1.54, 1.807) is 13.8 Å². The summed E-state index contributed by atoms with van der Waals surface area (Å²) < 4.78 is 0. The first-order valence-electron chi connectivity index (χ1n) is 5.47. The van der Waals surface area contributed by atoms with Gasteiger partial charge in [-0.15, -0.1) is 0 Å². The first-order chi connectivity index (χ1) is 7.87. The molecule has 0 bridgehead atoms. The number of carbonyl (C=O) groups is 1. The average molecular weight is 239 g/mol. The molecule has 0 aliphatic heterocycles. The first kappa shape index (κ1) is 13.2. The zero-order chi connectivity index (χ0) is 13.1. The Morgan fingerprint density at radius 3 is 2.76 bits per heavy atom. The summed E-state index contributed by atoms with van der Waals surface area (Å²) in [7, 11) is 0. The topological polar surface area (TPSA) is 95.1 Å². The molecule has 0 fully saturated rings. The fourth-order valence-corrected chi connectivity index (χ4v) is 1.65. The lowest BCUT2D eigenvalue weighted by molar-refractivity contribution is -0.142. The van der Waals surface area contributed by atoms with Gasteiger partial charge in [0, 0.05) is 6.07 Å². The molecule has 1 unspecified atom stereocenters. The molecule has 1 atom stereocenters. The summed E-state index contributed by atoms with van der Waals surface area (Å²) in [6.45, 7) is 5.13. The molecular formula is C11H17N3O3. The van der Waals surface area contributed by atoms with E-state index in [2.05, 4.69) is 15.3 Å². The minimum absolute atomic E-state index is 0.282. The highest BCUT2D eigenvalue weighted by atomic mass is 16.4. The Kier molecular flexibility index (Phi) is 3.88. The number of anilines is 1. The first-order valence-corrected chi connectivity index (χ1v) is 5.47. The van der Waals surface area contributed by atoms with Crippen LogP contribution in [-0.4, -0.2) is 26.6 Å². The zero-order valence-corrected chi connectivity index (χ0v) is 10.2. The van der Waals surface area contributed by atoms with Gasteiger partial charge in [-0.25, -0.2) is 9.78 Å². The van der Waals surface area contributed by atoms with Crippen molar-refractivity contribution in [3.8, 4) is 0 Å². The third kappa shape index (κ3) is 3.30. The molecule has 94 valence electrons. The molecule has 1 rings (SSSR count). The minimum Gasteiger partial charge on any atom is -0.480 e. The summed E-state index contributed by atoms with van der Waals surface area (Å²) in [5.74, 6) is -0.229. The molecule has 17 heavy (non-hydrogen) atoms. The van der Waals surface area contributed by atoms with Gasteiger partial charge in [0.15, 0.2) is 0 Å². The maximum Gasteiger partial charge on any atom is 0.329 e. The van der Waals surface area contributed by atoms with Gasteiger partial charge in [-0.1, -0.05) is 13.3 Å². The summed E-state index contributed by atoms with van der Waals surface area (Å²) >= 11 is 0. The maximum absolute atomic E-state index is 11.2. The highest BCUT2D eigenvalue weighted by Crippen LogP contribution is 2.18. The third-order valence-corrected chi connectivity index (χ3v) is 2.49. The lowest BCUT2D eigenvalue weighted by atomic mass is 9.96. The maximum atomic E-state index is 11.2. The van der Waals surface area contributed by atoms with E-state index in [4.69, 9.17) is 0 Å². The van der Waals surface area contributed by atoms with Gasteiger partial charge in [-0.05, 0) is 20.3 Å². The van der Waals surface area contributed by atoms with Crippen LogP contribution in [0.2, 0.25) is 0 Å². The molecule has 0 aliphatic rings. The number of hydrogen-bond donors (Lipinski definition) is 3. The second kappa shape index (κ2) is 4.99. The lowest BCUT2D eigenvalue weighted by Crippen LogP contribution is -2.43. The van der Waals surface area contributed by atoms with Crippen LogP contribution >= 0.6 is 0 Å². The molecular weight excluding hydrogens is 222 g/mol. The number of aliphatic carboxylic acids is 1. The number of nitrogens with one attached hydrogen (secondary N) is 2. The van der Waals surface area contributed by atoms with Gasteiger partial charge in [0.1, 0.15) is 17.2 Å². The smallest absolute Gasteiger partial charge is 0.329 e. The highest BCUT2D eigenvalue weighted by Gasteiger charge is 2.32. The molecule has 0 saturated carbocycles. The normalized spacial score (nSPS) is 14.1. The Balaban J connectivity index is 3.01. The van der Waals surface area contributed by atoms with Crippen LogP contribution in [0.1, 0.15) is 32.5 Å². The molecule has 1 heterocycles. The van der Waals surface area contributed by atoms with Gasteiger partial charge >= 0.3 is 5.97 Å². The van der Waals surface area contributed by atoms with Gasteiger partial charge < -0.3 is 15.4 Å². The van der Waals surface area contributed by atoms with Gasteiger partial charge in [-0.3, -0.25) is 4.79 Å². The SMILES string of the molecule is CCCC(C)(Nc1cc(=O)[nH]c(C)n1)C(=O)O.